The fourth-order valence-electron chi connectivity index (χ4n) is 2.18. The smallest absolute Gasteiger partial charge is 0.303 e. The predicted octanol–water partition coefficient (Wildman–Crippen LogP) is 0.829. The largest absolute Gasteiger partial charge is 0.481 e. The molecule has 0 bridgehead atoms. The van der Waals surface area contributed by atoms with Gasteiger partial charge in [-0.2, -0.15) is 0 Å². The Bertz CT molecular complexity index is 282. The van der Waals surface area contributed by atoms with Crippen LogP contribution in [0.3, 0.4) is 0 Å². The van der Waals surface area contributed by atoms with Gasteiger partial charge in [-0.05, 0) is 31.2 Å². The first kappa shape index (κ1) is 14.0. The molecule has 0 aromatic carbocycles. The van der Waals surface area contributed by atoms with E-state index >= 15 is 0 Å². The van der Waals surface area contributed by atoms with E-state index in [0.29, 0.717) is 25.9 Å². The Hall–Kier alpha value is -1.10. The number of nitrogens with zero attached hydrogens (tertiary/aromatic N) is 1. The van der Waals surface area contributed by atoms with E-state index in [-0.39, 0.29) is 17.7 Å². The minimum atomic E-state index is -0.816. The Labute approximate surface area is 102 Å². The van der Waals surface area contributed by atoms with E-state index in [9.17, 15) is 9.59 Å². The van der Waals surface area contributed by atoms with E-state index in [4.69, 9.17) is 10.8 Å². The lowest BCUT2D eigenvalue weighted by molar-refractivity contribution is -0.138. The van der Waals surface area contributed by atoms with Gasteiger partial charge in [0.15, 0.2) is 0 Å². The van der Waals surface area contributed by atoms with Gasteiger partial charge in [-0.1, -0.05) is 6.42 Å². The second-order valence-electron chi connectivity index (χ2n) is 5.05. The number of hydrogen-bond acceptors (Lipinski definition) is 3. The molecule has 1 aliphatic carbocycles. The summed E-state index contributed by atoms with van der Waals surface area (Å²) in [6, 6.07) is 0. The van der Waals surface area contributed by atoms with Crippen LogP contribution in [0.25, 0.3) is 0 Å². The second-order valence-corrected chi connectivity index (χ2v) is 5.05. The maximum Gasteiger partial charge on any atom is 0.303 e. The van der Waals surface area contributed by atoms with E-state index in [2.05, 4.69) is 0 Å². The van der Waals surface area contributed by atoms with Crippen LogP contribution in [-0.2, 0) is 9.59 Å². The van der Waals surface area contributed by atoms with Crippen LogP contribution in [0.2, 0.25) is 0 Å². The zero-order valence-corrected chi connectivity index (χ0v) is 10.4. The Morgan fingerprint density at radius 2 is 2.06 bits per heavy atom. The van der Waals surface area contributed by atoms with Crippen molar-refractivity contribution in [1.29, 1.82) is 0 Å². The average Bonchev–Trinajstić information content (AvgIpc) is 2.22. The maximum absolute atomic E-state index is 11.9. The molecule has 1 rings (SSSR count). The minimum absolute atomic E-state index is 0.0259. The molecule has 0 atom stereocenters. The molecule has 0 heterocycles. The minimum Gasteiger partial charge on any atom is -0.481 e. The van der Waals surface area contributed by atoms with Crippen LogP contribution >= 0.6 is 0 Å². The Morgan fingerprint density at radius 3 is 2.47 bits per heavy atom. The fraction of sp³-hybridized carbons (Fsp3) is 0.833. The highest BCUT2D eigenvalue weighted by Crippen LogP contribution is 2.43. The number of carboxylic acids is 1. The summed E-state index contributed by atoms with van der Waals surface area (Å²) in [6.07, 6.45) is 4.36. The van der Waals surface area contributed by atoms with Crippen LogP contribution in [-0.4, -0.2) is 42.0 Å². The molecule has 0 aromatic heterocycles. The zero-order valence-electron chi connectivity index (χ0n) is 10.4. The van der Waals surface area contributed by atoms with Crippen LogP contribution in [0, 0.1) is 5.41 Å². The van der Waals surface area contributed by atoms with E-state index in [1.807, 2.05) is 0 Å². The fourth-order valence-corrected chi connectivity index (χ4v) is 2.18. The monoisotopic (exact) mass is 242 g/mol. The lowest BCUT2D eigenvalue weighted by atomic mass is 9.66. The first-order valence-corrected chi connectivity index (χ1v) is 6.15. The summed E-state index contributed by atoms with van der Waals surface area (Å²) in [5.74, 6) is -0.733. The number of hydrogen-bond donors (Lipinski definition) is 2. The summed E-state index contributed by atoms with van der Waals surface area (Å²) in [6.45, 7) is 1.08. The van der Waals surface area contributed by atoms with Gasteiger partial charge < -0.3 is 15.7 Å². The van der Waals surface area contributed by atoms with Gasteiger partial charge in [0.25, 0.3) is 0 Å². The van der Waals surface area contributed by atoms with Gasteiger partial charge in [0.05, 0.1) is 0 Å². The molecule has 0 radical (unpaired) electrons. The van der Waals surface area contributed by atoms with Crippen molar-refractivity contribution < 1.29 is 14.7 Å². The van der Waals surface area contributed by atoms with Crippen molar-refractivity contribution in [2.45, 2.75) is 38.5 Å². The average molecular weight is 242 g/mol. The molecule has 0 aliphatic heterocycles. The van der Waals surface area contributed by atoms with Crippen LogP contribution < -0.4 is 5.73 Å². The van der Waals surface area contributed by atoms with Gasteiger partial charge in [0.2, 0.25) is 5.91 Å². The van der Waals surface area contributed by atoms with Crippen molar-refractivity contribution in [1.82, 2.24) is 4.90 Å². The molecule has 17 heavy (non-hydrogen) atoms. The molecule has 1 fully saturated rings. The third-order valence-corrected chi connectivity index (χ3v) is 3.68. The van der Waals surface area contributed by atoms with Crippen molar-refractivity contribution in [2.24, 2.45) is 11.1 Å². The lowest BCUT2D eigenvalue weighted by Gasteiger charge is -2.41. The van der Waals surface area contributed by atoms with Crippen LogP contribution in [0.15, 0.2) is 0 Å². The van der Waals surface area contributed by atoms with Gasteiger partial charge in [-0.3, -0.25) is 9.59 Å². The first-order chi connectivity index (χ1) is 7.99. The summed E-state index contributed by atoms with van der Waals surface area (Å²) in [5.41, 5.74) is 5.73. The number of aliphatic carboxylic acids is 1. The number of carboxylic acid groups (broad SMARTS) is 1. The summed E-state index contributed by atoms with van der Waals surface area (Å²) in [7, 11) is 1.73. The molecule has 1 saturated carbocycles. The van der Waals surface area contributed by atoms with Crippen LogP contribution in [0.5, 0.6) is 0 Å². The first-order valence-electron chi connectivity index (χ1n) is 6.15. The third kappa shape index (κ3) is 4.00. The summed E-state index contributed by atoms with van der Waals surface area (Å²) in [4.78, 5) is 23.9. The maximum atomic E-state index is 11.9. The molecule has 5 nitrogen and oxygen atoms in total. The highest BCUT2D eigenvalue weighted by molar-refractivity contribution is 5.77. The molecule has 1 amide bonds. The number of carbonyl (C=O) groups excluding carboxylic acids is 1. The van der Waals surface area contributed by atoms with Crippen molar-refractivity contribution in [2.75, 3.05) is 20.1 Å². The number of nitrogens with two attached hydrogens (primary N) is 1. The van der Waals surface area contributed by atoms with Gasteiger partial charge in [0.1, 0.15) is 0 Å². The van der Waals surface area contributed by atoms with E-state index < -0.39 is 5.97 Å². The molecule has 98 valence electrons. The molecule has 0 aromatic rings. The highest BCUT2D eigenvalue weighted by Gasteiger charge is 2.38. The second kappa shape index (κ2) is 6.00. The van der Waals surface area contributed by atoms with Crippen molar-refractivity contribution in [3.8, 4) is 0 Å². The van der Waals surface area contributed by atoms with Crippen molar-refractivity contribution >= 4 is 11.9 Å². The zero-order chi connectivity index (χ0) is 12.9. The SMILES string of the molecule is CN(CCCC(=O)O)C(=O)CC1(CN)CCC1. The number of carbonyl (C=O) groups is 2. The molecule has 0 spiro atoms. The highest BCUT2D eigenvalue weighted by atomic mass is 16.4. The van der Waals surface area contributed by atoms with Gasteiger partial charge >= 0.3 is 5.97 Å². The van der Waals surface area contributed by atoms with E-state index in [1.54, 1.807) is 11.9 Å². The third-order valence-electron chi connectivity index (χ3n) is 3.68. The normalized spacial score (nSPS) is 17.3. The Morgan fingerprint density at radius 1 is 1.41 bits per heavy atom. The van der Waals surface area contributed by atoms with Crippen molar-refractivity contribution in [3.63, 3.8) is 0 Å². The van der Waals surface area contributed by atoms with Crippen molar-refractivity contribution in [3.05, 3.63) is 0 Å². The summed E-state index contributed by atoms with van der Waals surface area (Å²) in [5, 5.41) is 8.52. The molecular weight excluding hydrogens is 220 g/mol. The van der Waals surface area contributed by atoms with Crippen LogP contribution in [0.4, 0.5) is 0 Å². The topological polar surface area (TPSA) is 83.6 Å². The molecule has 0 saturated heterocycles. The summed E-state index contributed by atoms with van der Waals surface area (Å²) >= 11 is 0. The van der Waals surface area contributed by atoms with Gasteiger partial charge in [-0.15, -0.1) is 0 Å². The summed E-state index contributed by atoms with van der Waals surface area (Å²) < 4.78 is 0. The molecular formula is C12H22N2O3. The van der Waals surface area contributed by atoms with Crippen LogP contribution in [0.1, 0.15) is 38.5 Å². The molecule has 3 N–H and O–H groups in total. The number of rotatable bonds is 7. The molecule has 5 heteroatoms. The van der Waals surface area contributed by atoms with E-state index in [1.165, 1.54) is 0 Å². The van der Waals surface area contributed by atoms with E-state index in [0.717, 1.165) is 19.3 Å². The lowest BCUT2D eigenvalue weighted by Crippen LogP contribution is -2.42. The standard InChI is InChI=1S/C12H22N2O3/c1-14(7-2-4-11(16)17)10(15)8-12(9-13)5-3-6-12/h2-9,13H2,1H3,(H,16,17). The quantitative estimate of drug-likeness (QED) is 0.692. The number of amides is 1. The predicted molar refractivity (Wildman–Crippen MR) is 64.5 cm³/mol. The molecule has 0 unspecified atom stereocenters. The Balaban J connectivity index is 2.29. The van der Waals surface area contributed by atoms with Gasteiger partial charge in [-0.25, -0.2) is 0 Å². The van der Waals surface area contributed by atoms with Gasteiger partial charge in [0, 0.05) is 26.4 Å². The Kier molecular flexibility index (Phi) is 4.93. The molecule has 1 aliphatic rings.